The maximum absolute atomic E-state index is 12.3. The van der Waals surface area contributed by atoms with Crippen molar-refractivity contribution >= 4 is 46.0 Å². The van der Waals surface area contributed by atoms with Crippen LogP contribution in [0.5, 0.6) is 0 Å². The van der Waals surface area contributed by atoms with Crippen molar-refractivity contribution in [2.75, 3.05) is 11.4 Å². The van der Waals surface area contributed by atoms with E-state index in [9.17, 15) is 19.7 Å². The number of carboxylic acid groups (broad SMARTS) is 1. The second-order valence-corrected chi connectivity index (χ2v) is 6.99. The number of carbonyl (C=O) groups is 2. The zero-order valence-corrected chi connectivity index (χ0v) is 15.3. The third-order valence-corrected chi connectivity index (χ3v) is 3.38. The number of anilines is 1. The molecule has 1 N–H and O–H groups in total. The highest BCUT2D eigenvalue weighted by molar-refractivity contribution is 14.1. The van der Waals surface area contributed by atoms with Gasteiger partial charge >= 0.3 is 12.1 Å². The van der Waals surface area contributed by atoms with E-state index in [1.54, 1.807) is 33.8 Å². The number of rotatable bonds is 4. The monoisotopic (exact) mass is 436 g/mol. The summed E-state index contributed by atoms with van der Waals surface area (Å²) >= 11 is 1.83. The molecule has 0 unspecified atom stereocenters. The minimum absolute atomic E-state index is 0.0853. The van der Waals surface area contributed by atoms with Crippen molar-refractivity contribution in [2.24, 2.45) is 0 Å². The van der Waals surface area contributed by atoms with Gasteiger partial charge in [-0.05, 0) is 61.9 Å². The number of aliphatic carboxylic acids is 1. The Morgan fingerprint density at radius 1 is 1.39 bits per heavy atom. The topological polar surface area (TPSA) is 110 Å². The van der Waals surface area contributed by atoms with E-state index in [-0.39, 0.29) is 11.4 Å². The Morgan fingerprint density at radius 2 is 1.96 bits per heavy atom. The van der Waals surface area contributed by atoms with Crippen molar-refractivity contribution in [3.05, 3.63) is 31.4 Å². The molecule has 0 spiro atoms. The molecule has 9 heteroatoms. The van der Waals surface area contributed by atoms with Gasteiger partial charge in [0.05, 0.1) is 4.92 Å². The summed E-state index contributed by atoms with van der Waals surface area (Å²) in [4.78, 5) is 34.8. The van der Waals surface area contributed by atoms with Gasteiger partial charge in [-0.15, -0.1) is 0 Å². The Labute approximate surface area is 146 Å². The molecule has 0 saturated carbocycles. The van der Waals surface area contributed by atoms with Crippen molar-refractivity contribution in [1.82, 2.24) is 0 Å². The van der Waals surface area contributed by atoms with Crippen LogP contribution in [-0.2, 0) is 9.53 Å². The summed E-state index contributed by atoms with van der Waals surface area (Å²) in [6, 6.07) is 2.92. The summed E-state index contributed by atoms with van der Waals surface area (Å²) in [7, 11) is 0. The number of aryl methyl sites for hydroxylation is 1. The number of benzene rings is 1. The molecule has 0 aliphatic rings. The first-order valence-corrected chi connectivity index (χ1v) is 7.67. The largest absolute Gasteiger partial charge is 0.480 e. The first kappa shape index (κ1) is 19.1. The lowest BCUT2D eigenvalue weighted by atomic mass is 10.1. The van der Waals surface area contributed by atoms with Gasteiger partial charge in [-0.25, -0.2) is 4.79 Å². The minimum atomic E-state index is -1.30. The van der Waals surface area contributed by atoms with Crippen LogP contribution in [0.3, 0.4) is 0 Å². The molecule has 8 nitrogen and oxygen atoms in total. The zero-order valence-electron chi connectivity index (χ0n) is 13.1. The minimum Gasteiger partial charge on any atom is -0.480 e. The molecular weight excluding hydrogens is 419 g/mol. The van der Waals surface area contributed by atoms with Gasteiger partial charge in [-0.2, -0.15) is 0 Å². The fraction of sp³-hybridized carbons (Fsp3) is 0.429. The molecular formula is C14H17IN2O6. The summed E-state index contributed by atoms with van der Waals surface area (Å²) < 4.78 is 5.56. The Morgan fingerprint density at radius 3 is 2.39 bits per heavy atom. The number of amides is 1. The van der Waals surface area contributed by atoms with Crippen molar-refractivity contribution < 1.29 is 24.4 Å². The number of nitrogens with zero attached hydrogens (tertiary/aromatic N) is 2. The van der Waals surface area contributed by atoms with Gasteiger partial charge in [0.15, 0.2) is 0 Å². The zero-order chi connectivity index (χ0) is 17.9. The third-order valence-electron chi connectivity index (χ3n) is 2.56. The van der Waals surface area contributed by atoms with Gasteiger partial charge in [-0.3, -0.25) is 19.8 Å². The van der Waals surface area contributed by atoms with E-state index in [1.807, 2.05) is 22.6 Å². The molecule has 0 aliphatic heterocycles. The molecule has 126 valence electrons. The van der Waals surface area contributed by atoms with Crippen LogP contribution >= 0.6 is 22.6 Å². The molecule has 0 aromatic heterocycles. The maximum Gasteiger partial charge on any atom is 0.415 e. The summed E-state index contributed by atoms with van der Waals surface area (Å²) in [6.45, 7) is 5.80. The van der Waals surface area contributed by atoms with E-state index in [4.69, 9.17) is 9.84 Å². The average Bonchev–Trinajstić information content (AvgIpc) is 2.33. The van der Waals surface area contributed by atoms with Gasteiger partial charge < -0.3 is 9.84 Å². The first-order valence-electron chi connectivity index (χ1n) is 6.59. The Balaban J connectivity index is 3.46. The molecule has 0 aliphatic carbocycles. The maximum atomic E-state index is 12.3. The van der Waals surface area contributed by atoms with Gasteiger partial charge in [-0.1, -0.05) is 0 Å². The van der Waals surface area contributed by atoms with Gasteiger partial charge in [0.1, 0.15) is 17.8 Å². The highest BCUT2D eigenvalue weighted by atomic mass is 127. The highest BCUT2D eigenvalue weighted by Gasteiger charge is 2.32. The van der Waals surface area contributed by atoms with E-state index < -0.39 is 29.1 Å². The number of carbonyl (C=O) groups excluding carboxylic acids is 1. The molecule has 0 fully saturated rings. The van der Waals surface area contributed by atoms with Gasteiger partial charge in [0.25, 0.3) is 5.69 Å². The van der Waals surface area contributed by atoms with Crippen molar-refractivity contribution in [1.29, 1.82) is 0 Å². The number of hydrogen-bond acceptors (Lipinski definition) is 5. The molecule has 0 heterocycles. The van der Waals surface area contributed by atoms with Crippen LogP contribution in [0.25, 0.3) is 0 Å². The van der Waals surface area contributed by atoms with E-state index in [0.717, 1.165) is 4.90 Å². The predicted molar refractivity (Wildman–Crippen MR) is 91.8 cm³/mol. The standard InChI is InChI=1S/C14H17IN2O6/c1-8-5-9(15)12(10(6-8)17(21)22)16(7-11(18)19)13(20)23-14(2,3)4/h5-6H,7H2,1-4H3,(H,18,19). The quantitative estimate of drug-likeness (QED) is 0.441. The summed E-state index contributed by atoms with van der Waals surface area (Å²) in [5.74, 6) is -1.30. The number of hydrogen-bond donors (Lipinski definition) is 1. The molecule has 0 radical (unpaired) electrons. The van der Waals surface area contributed by atoms with E-state index >= 15 is 0 Å². The normalized spacial score (nSPS) is 11.0. The lowest BCUT2D eigenvalue weighted by Gasteiger charge is -2.26. The fourth-order valence-electron chi connectivity index (χ4n) is 1.81. The predicted octanol–water partition coefficient (Wildman–Crippen LogP) is 3.33. The first-order chi connectivity index (χ1) is 10.4. The SMILES string of the molecule is Cc1cc(I)c(N(CC(=O)O)C(=O)OC(C)(C)C)c([N+](=O)[O-])c1. The van der Waals surface area contributed by atoms with Crippen LogP contribution in [0.4, 0.5) is 16.2 Å². The summed E-state index contributed by atoms with van der Waals surface area (Å²) in [5.41, 5.74) is -0.665. The van der Waals surface area contributed by atoms with Gasteiger partial charge in [0, 0.05) is 9.64 Å². The lowest BCUT2D eigenvalue weighted by molar-refractivity contribution is -0.384. The molecule has 1 amide bonds. The van der Waals surface area contributed by atoms with Gasteiger partial charge in [0.2, 0.25) is 0 Å². The van der Waals surface area contributed by atoms with E-state index in [1.165, 1.54) is 6.07 Å². The molecule has 0 bridgehead atoms. The van der Waals surface area contributed by atoms with Crippen LogP contribution < -0.4 is 4.90 Å². The van der Waals surface area contributed by atoms with Crippen molar-refractivity contribution in [3.8, 4) is 0 Å². The van der Waals surface area contributed by atoms with E-state index in [2.05, 4.69) is 0 Å². The van der Waals surface area contributed by atoms with Crippen molar-refractivity contribution in [3.63, 3.8) is 0 Å². The second kappa shape index (κ2) is 7.11. The lowest BCUT2D eigenvalue weighted by Crippen LogP contribution is -2.40. The number of ether oxygens (including phenoxy) is 1. The van der Waals surface area contributed by atoms with Crippen LogP contribution in [0.15, 0.2) is 12.1 Å². The highest BCUT2D eigenvalue weighted by Crippen LogP contribution is 2.35. The molecule has 0 atom stereocenters. The molecule has 23 heavy (non-hydrogen) atoms. The Hall–Kier alpha value is -1.91. The summed E-state index contributed by atoms with van der Waals surface area (Å²) in [5, 5.41) is 20.3. The van der Waals surface area contributed by atoms with Crippen LogP contribution in [0, 0.1) is 20.6 Å². The Kier molecular flexibility index (Phi) is 5.92. The second-order valence-electron chi connectivity index (χ2n) is 5.83. The Bertz CT molecular complexity index is 653. The number of carboxylic acids is 1. The molecule has 1 aromatic rings. The number of halogens is 1. The van der Waals surface area contributed by atoms with Crippen LogP contribution in [0.1, 0.15) is 26.3 Å². The summed E-state index contributed by atoms with van der Waals surface area (Å²) in [6.07, 6.45) is -0.954. The third kappa shape index (κ3) is 5.34. The number of nitro groups is 1. The fourth-order valence-corrected chi connectivity index (χ4v) is 2.87. The smallest absolute Gasteiger partial charge is 0.415 e. The molecule has 1 aromatic carbocycles. The average molecular weight is 436 g/mol. The number of nitro benzene ring substituents is 1. The van der Waals surface area contributed by atoms with Crippen molar-refractivity contribution in [2.45, 2.75) is 33.3 Å². The van der Waals surface area contributed by atoms with Crippen LogP contribution in [-0.4, -0.2) is 34.2 Å². The van der Waals surface area contributed by atoms with E-state index in [0.29, 0.717) is 9.13 Å². The molecule has 0 saturated heterocycles. The van der Waals surface area contributed by atoms with Crippen LogP contribution in [0.2, 0.25) is 0 Å². The molecule has 1 rings (SSSR count).